The van der Waals surface area contributed by atoms with Gasteiger partial charge in [0.15, 0.2) is 5.82 Å². The SMILES string of the molecule is Cn1nnc(CC2(CBr)CCCc3ccccc32)n1. The Morgan fingerprint density at radius 1 is 1.37 bits per heavy atom. The maximum Gasteiger partial charge on any atom is 0.175 e. The molecule has 0 saturated heterocycles. The molecule has 1 atom stereocenters. The molecular formula is C14H17BrN4. The van der Waals surface area contributed by atoms with Crippen molar-refractivity contribution in [3.05, 3.63) is 41.2 Å². The van der Waals surface area contributed by atoms with E-state index in [-0.39, 0.29) is 5.41 Å². The number of aryl methyl sites for hydroxylation is 2. The summed E-state index contributed by atoms with van der Waals surface area (Å²) in [6.45, 7) is 0. The minimum atomic E-state index is 0.109. The average Bonchev–Trinajstić information content (AvgIpc) is 2.84. The lowest BCUT2D eigenvalue weighted by atomic mass is 9.69. The highest BCUT2D eigenvalue weighted by atomic mass is 79.9. The van der Waals surface area contributed by atoms with Gasteiger partial charge in [0, 0.05) is 17.2 Å². The van der Waals surface area contributed by atoms with Crippen molar-refractivity contribution in [3.8, 4) is 0 Å². The first-order valence-corrected chi connectivity index (χ1v) is 7.73. The molecule has 4 nitrogen and oxygen atoms in total. The van der Waals surface area contributed by atoms with Gasteiger partial charge in [-0.1, -0.05) is 40.2 Å². The Hall–Kier alpha value is -1.23. The second kappa shape index (κ2) is 5.04. The molecule has 1 aromatic carbocycles. The number of tetrazole rings is 1. The van der Waals surface area contributed by atoms with Crippen LogP contribution in [0.2, 0.25) is 0 Å². The number of halogens is 1. The van der Waals surface area contributed by atoms with Crippen LogP contribution >= 0.6 is 15.9 Å². The lowest BCUT2D eigenvalue weighted by Crippen LogP contribution is -2.35. The summed E-state index contributed by atoms with van der Waals surface area (Å²) in [6.07, 6.45) is 4.43. The van der Waals surface area contributed by atoms with Gasteiger partial charge in [-0.3, -0.25) is 0 Å². The number of hydrogen-bond acceptors (Lipinski definition) is 3. The van der Waals surface area contributed by atoms with Crippen molar-refractivity contribution < 1.29 is 0 Å². The van der Waals surface area contributed by atoms with Crippen molar-refractivity contribution in [2.24, 2.45) is 7.05 Å². The third kappa shape index (κ3) is 2.31. The van der Waals surface area contributed by atoms with Crippen LogP contribution in [0.25, 0.3) is 0 Å². The minimum absolute atomic E-state index is 0.109. The molecule has 0 saturated carbocycles. The van der Waals surface area contributed by atoms with Crippen molar-refractivity contribution in [3.63, 3.8) is 0 Å². The van der Waals surface area contributed by atoms with Crippen LogP contribution in [0.1, 0.15) is 29.8 Å². The van der Waals surface area contributed by atoms with Gasteiger partial charge in [-0.25, -0.2) is 0 Å². The number of rotatable bonds is 3. The van der Waals surface area contributed by atoms with Crippen LogP contribution in [0.15, 0.2) is 24.3 Å². The topological polar surface area (TPSA) is 43.6 Å². The minimum Gasteiger partial charge on any atom is -0.167 e. The van der Waals surface area contributed by atoms with E-state index in [4.69, 9.17) is 0 Å². The quantitative estimate of drug-likeness (QED) is 0.816. The Balaban J connectivity index is 2.00. The molecule has 1 aromatic heterocycles. The molecule has 0 aliphatic heterocycles. The van der Waals surface area contributed by atoms with Gasteiger partial charge < -0.3 is 0 Å². The first-order valence-electron chi connectivity index (χ1n) is 6.61. The molecule has 0 bridgehead atoms. The van der Waals surface area contributed by atoms with E-state index in [0.29, 0.717) is 0 Å². The molecule has 3 rings (SSSR count). The van der Waals surface area contributed by atoms with E-state index in [9.17, 15) is 0 Å². The summed E-state index contributed by atoms with van der Waals surface area (Å²) in [5.74, 6) is 0.832. The first-order chi connectivity index (χ1) is 9.23. The number of fused-ring (bicyclic) bond motifs is 1. The molecule has 19 heavy (non-hydrogen) atoms. The summed E-state index contributed by atoms with van der Waals surface area (Å²) in [6, 6.07) is 8.76. The Bertz CT molecular complexity index is 580. The van der Waals surface area contributed by atoms with Crippen LogP contribution in [0, 0.1) is 0 Å². The van der Waals surface area contributed by atoms with E-state index in [1.54, 1.807) is 0 Å². The number of nitrogens with zero attached hydrogens (tertiary/aromatic N) is 4. The molecule has 1 unspecified atom stereocenters. The molecular weight excluding hydrogens is 304 g/mol. The Labute approximate surface area is 121 Å². The normalized spacial score (nSPS) is 22.2. The van der Waals surface area contributed by atoms with Gasteiger partial charge in [-0.2, -0.15) is 4.80 Å². The van der Waals surface area contributed by atoms with Gasteiger partial charge >= 0.3 is 0 Å². The van der Waals surface area contributed by atoms with Crippen LogP contribution < -0.4 is 0 Å². The third-order valence-corrected chi connectivity index (χ3v) is 5.07. The predicted molar refractivity (Wildman–Crippen MR) is 77.4 cm³/mol. The molecule has 1 heterocycles. The van der Waals surface area contributed by atoms with Crippen molar-refractivity contribution in [2.45, 2.75) is 31.1 Å². The molecule has 1 aliphatic carbocycles. The zero-order valence-electron chi connectivity index (χ0n) is 11.0. The molecule has 0 fully saturated rings. The van der Waals surface area contributed by atoms with Crippen LogP contribution in [0.5, 0.6) is 0 Å². The van der Waals surface area contributed by atoms with Gasteiger partial charge in [0.2, 0.25) is 0 Å². The lowest BCUT2D eigenvalue weighted by molar-refractivity contribution is 0.393. The third-order valence-electron chi connectivity index (χ3n) is 3.99. The van der Waals surface area contributed by atoms with Crippen LogP contribution in [0.4, 0.5) is 0 Å². The van der Waals surface area contributed by atoms with E-state index in [1.165, 1.54) is 35.2 Å². The molecule has 0 amide bonds. The fraction of sp³-hybridized carbons (Fsp3) is 0.500. The summed E-state index contributed by atoms with van der Waals surface area (Å²) < 4.78 is 0. The Morgan fingerprint density at radius 3 is 2.95 bits per heavy atom. The lowest BCUT2D eigenvalue weighted by Gasteiger charge is -2.37. The van der Waals surface area contributed by atoms with Gasteiger partial charge in [-0.15, -0.1) is 10.2 Å². The zero-order chi connectivity index (χ0) is 13.3. The van der Waals surface area contributed by atoms with E-state index >= 15 is 0 Å². The van der Waals surface area contributed by atoms with E-state index in [1.807, 2.05) is 7.05 Å². The highest BCUT2D eigenvalue weighted by molar-refractivity contribution is 9.09. The second-order valence-electron chi connectivity index (χ2n) is 5.30. The highest BCUT2D eigenvalue weighted by Gasteiger charge is 2.36. The Morgan fingerprint density at radius 2 is 2.21 bits per heavy atom. The molecule has 100 valence electrons. The van der Waals surface area contributed by atoms with E-state index in [0.717, 1.165) is 17.6 Å². The summed E-state index contributed by atoms with van der Waals surface area (Å²) in [5.41, 5.74) is 3.03. The number of alkyl halides is 1. The second-order valence-corrected chi connectivity index (χ2v) is 5.86. The maximum absolute atomic E-state index is 4.34. The van der Waals surface area contributed by atoms with Gasteiger partial charge in [0.25, 0.3) is 0 Å². The summed E-state index contributed by atoms with van der Waals surface area (Å²) in [7, 11) is 1.81. The molecule has 0 radical (unpaired) electrons. The van der Waals surface area contributed by atoms with Crippen LogP contribution in [0.3, 0.4) is 0 Å². The fourth-order valence-electron chi connectivity index (χ4n) is 3.07. The molecule has 0 spiro atoms. The number of hydrogen-bond donors (Lipinski definition) is 0. The maximum atomic E-state index is 4.34. The molecule has 5 heteroatoms. The standard InChI is InChI=1S/C14H17BrN4/c1-19-17-13(16-18-19)9-14(10-15)8-4-6-11-5-2-3-7-12(11)14/h2-3,5,7H,4,6,8-10H2,1H3. The van der Waals surface area contributed by atoms with E-state index < -0.39 is 0 Å². The number of aromatic nitrogens is 4. The van der Waals surface area contributed by atoms with Crippen molar-refractivity contribution in [2.75, 3.05) is 5.33 Å². The predicted octanol–water partition coefficient (Wildman–Crippen LogP) is 2.42. The van der Waals surface area contributed by atoms with Gasteiger partial charge in [0.05, 0.1) is 7.05 Å². The van der Waals surface area contributed by atoms with Crippen molar-refractivity contribution in [1.82, 2.24) is 20.2 Å². The summed E-state index contributed by atoms with van der Waals surface area (Å²) >= 11 is 3.72. The molecule has 0 N–H and O–H groups in total. The largest absolute Gasteiger partial charge is 0.175 e. The average molecular weight is 321 g/mol. The molecule has 2 aromatic rings. The summed E-state index contributed by atoms with van der Waals surface area (Å²) in [4.78, 5) is 1.53. The zero-order valence-corrected chi connectivity index (χ0v) is 12.6. The van der Waals surface area contributed by atoms with E-state index in [2.05, 4.69) is 55.6 Å². The van der Waals surface area contributed by atoms with Crippen LogP contribution in [-0.4, -0.2) is 25.5 Å². The monoisotopic (exact) mass is 320 g/mol. The highest BCUT2D eigenvalue weighted by Crippen LogP contribution is 2.40. The van der Waals surface area contributed by atoms with Crippen molar-refractivity contribution in [1.29, 1.82) is 0 Å². The smallest absolute Gasteiger partial charge is 0.167 e. The summed E-state index contributed by atoms with van der Waals surface area (Å²) in [5, 5.41) is 13.4. The molecule has 1 aliphatic rings. The van der Waals surface area contributed by atoms with Gasteiger partial charge in [0.1, 0.15) is 0 Å². The van der Waals surface area contributed by atoms with Gasteiger partial charge in [-0.05, 0) is 35.6 Å². The number of benzene rings is 1. The van der Waals surface area contributed by atoms with Crippen molar-refractivity contribution >= 4 is 15.9 Å². The van der Waals surface area contributed by atoms with Crippen LogP contribution in [-0.2, 0) is 25.3 Å². The first kappa shape index (κ1) is 12.8. The Kier molecular flexibility index (Phi) is 3.39. The fourth-order valence-corrected chi connectivity index (χ4v) is 3.85.